The highest BCUT2D eigenvalue weighted by Crippen LogP contribution is 2.48. The summed E-state index contributed by atoms with van der Waals surface area (Å²) in [5.74, 6) is 0.199. The fraction of sp³-hybridized carbons (Fsp3) is 0.579. The first-order valence-electron chi connectivity index (χ1n) is 8.91. The molecule has 136 valence electrons. The van der Waals surface area contributed by atoms with Gasteiger partial charge in [0, 0.05) is 13.1 Å². The largest absolute Gasteiger partial charge is 0.492 e. The molecule has 1 saturated heterocycles. The van der Waals surface area contributed by atoms with Crippen molar-refractivity contribution in [1.82, 2.24) is 10.2 Å². The lowest BCUT2D eigenvalue weighted by atomic mass is 9.81. The number of carbonyl (C=O) groups is 2. The zero-order valence-corrected chi connectivity index (χ0v) is 14.7. The van der Waals surface area contributed by atoms with Crippen molar-refractivity contribution >= 4 is 11.9 Å². The van der Waals surface area contributed by atoms with Crippen LogP contribution in [0, 0.1) is 18.3 Å². The van der Waals surface area contributed by atoms with Crippen LogP contribution in [0.5, 0.6) is 5.75 Å². The molecule has 6 heteroatoms. The van der Waals surface area contributed by atoms with Gasteiger partial charge in [-0.25, -0.2) is 0 Å². The number of hydrogen-bond acceptors (Lipinski definition) is 4. The summed E-state index contributed by atoms with van der Waals surface area (Å²) in [5.41, 5.74) is 0.502. The molecule has 0 radical (unpaired) electrons. The SMILES string of the molecule is Cc1cccc(OCCNC(=O)CN2C[C@@H]3CCC[C@@]3(C(=O)O)C2)c1. The Hall–Kier alpha value is -2.08. The number of aliphatic carboxylic acids is 1. The van der Waals surface area contributed by atoms with Crippen molar-refractivity contribution in [3.05, 3.63) is 29.8 Å². The van der Waals surface area contributed by atoms with Gasteiger partial charge in [-0.2, -0.15) is 0 Å². The van der Waals surface area contributed by atoms with E-state index in [-0.39, 0.29) is 18.4 Å². The lowest BCUT2D eigenvalue weighted by Gasteiger charge is -2.23. The standard InChI is InChI=1S/C19H26N2O4/c1-14-4-2-6-16(10-14)25-9-8-20-17(22)12-21-11-15-5-3-7-19(15,13-21)18(23)24/h2,4,6,10,15H,3,5,7-9,11-13H2,1H3,(H,20,22)(H,23,24)/t15-,19+/m0/s1. The molecule has 1 heterocycles. The number of aryl methyl sites for hydroxylation is 1. The van der Waals surface area contributed by atoms with Gasteiger partial charge in [0.1, 0.15) is 12.4 Å². The van der Waals surface area contributed by atoms with Crippen molar-refractivity contribution in [2.24, 2.45) is 11.3 Å². The molecule has 2 aliphatic rings. The van der Waals surface area contributed by atoms with Gasteiger partial charge in [-0.05, 0) is 43.4 Å². The van der Waals surface area contributed by atoms with Crippen LogP contribution in [0.3, 0.4) is 0 Å². The molecule has 1 amide bonds. The van der Waals surface area contributed by atoms with Gasteiger partial charge in [0.05, 0.1) is 18.5 Å². The Kier molecular flexibility index (Phi) is 5.27. The third kappa shape index (κ3) is 3.95. The van der Waals surface area contributed by atoms with E-state index in [1.807, 2.05) is 36.1 Å². The normalized spacial score (nSPS) is 25.6. The van der Waals surface area contributed by atoms with E-state index in [9.17, 15) is 14.7 Å². The van der Waals surface area contributed by atoms with E-state index in [2.05, 4.69) is 5.32 Å². The van der Waals surface area contributed by atoms with Gasteiger partial charge in [0.2, 0.25) is 5.91 Å². The molecule has 2 atom stereocenters. The summed E-state index contributed by atoms with van der Waals surface area (Å²) in [7, 11) is 0. The smallest absolute Gasteiger partial charge is 0.311 e. The van der Waals surface area contributed by atoms with Crippen molar-refractivity contribution < 1.29 is 19.4 Å². The van der Waals surface area contributed by atoms with E-state index in [1.54, 1.807) is 0 Å². The Labute approximate surface area is 148 Å². The summed E-state index contributed by atoms with van der Waals surface area (Å²) in [6.07, 6.45) is 2.66. The molecule has 1 aliphatic carbocycles. The highest BCUT2D eigenvalue weighted by atomic mass is 16.5. The molecule has 2 N–H and O–H groups in total. The number of rotatable bonds is 7. The molecular formula is C19H26N2O4. The zero-order valence-electron chi connectivity index (χ0n) is 14.7. The van der Waals surface area contributed by atoms with Gasteiger partial charge in [-0.15, -0.1) is 0 Å². The number of amides is 1. The fourth-order valence-electron chi connectivity index (χ4n) is 4.19. The van der Waals surface area contributed by atoms with E-state index in [4.69, 9.17) is 4.74 Å². The molecule has 1 aliphatic heterocycles. The van der Waals surface area contributed by atoms with E-state index in [0.717, 1.165) is 30.6 Å². The van der Waals surface area contributed by atoms with E-state index in [0.29, 0.717) is 26.2 Å². The quantitative estimate of drug-likeness (QED) is 0.735. The molecule has 1 saturated carbocycles. The van der Waals surface area contributed by atoms with E-state index < -0.39 is 11.4 Å². The third-order valence-electron chi connectivity index (χ3n) is 5.42. The van der Waals surface area contributed by atoms with E-state index in [1.165, 1.54) is 0 Å². The van der Waals surface area contributed by atoms with E-state index >= 15 is 0 Å². The van der Waals surface area contributed by atoms with Crippen LogP contribution in [0.25, 0.3) is 0 Å². The second-order valence-electron chi connectivity index (χ2n) is 7.23. The van der Waals surface area contributed by atoms with Crippen LogP contribution in [0.2, 0.25) is 0 Å². The lowest BCUT2D eigenvalue weighted by Crippen LogP contribution is -2.40. The number of hydrogen-bond donors (Lipinski definition) is 2. The topological polar surface area (TPSA) is 78.9 Å². The molecular weight excluding hydrogens is 320 g/mol. The highest BCUT2D eigenvalue weighted by molar-refractivity contribution is 5.79. The number of fused-ring (bicyclic) bond motifs is 1. The van der Waals surface area contributed by atoms with Crippen LogP contribution >= 0.6 is 0 Å². The van der Waals surface area contributed by atoms with Crippen molar-refractivity contribution in [2.45, 2.75) is 26.2 Å². The molecule has 3 rings (SSSR count). The average Bonchev–Trinajstić information content (AvgIpc) is 3.09. The first-order chi connectivity index (χ1) is 12.0. The van der Waals surface area contributed by atoms with Gasteiger partial charge in [0.25, 0.3) is 0 Å². The second kappa shape index (κ2) is 7.44. The molecule has 0 spiro atoms. The molecule has 25 heavy (non-hydrogen) atoms. The molecule has 0 aromatic heterocycles. The molecule has 1 aromatic rings. The van der Waals surface area contributed by atoms with Crippen LogP contribution < -0.4 is 10.1 Å². The Balaban J connectivity index is 1.39. The van der Waals surface area contributed by atoms with Gasteiger partial charge in [-0.1, -0.05) is 18.6 Å². The average molecular weight is 346 g/mol. The minimum atomic E-state index is -0.704. The minimum Gasteiger partial charge on any atom is -0.492 e. The number of nitrogens with zero attached hydrogens (tertiary/aromatic N) is 1. The number of carboxylic acids is 1. The number of carbonyl (C=O) groups excluding carboxylic acids is 1. The van der Waals surface area contributed by atoms with Gasteiger partial charge >= 0.3 is 5.97 Å². The van der Waals surface area contributed by atoms with Gasteiger partial charge < -0.3 is 15.2 Å². The van der Waals surface area contributed by atoms with Crippen LogP contribution in [-0.2, 0) is 9.59 Å². The second-order valence-corrected chi connectivity index (χ2v) is 7.23. The maximum Gasteiger partial charge on any atom is 0.311 e. The number of likely N-dealkylation sites (tertiary alicyclic amines) is 1. The Morgan fingerprint density at radius 2 is 2.28 bits per heavy atom. The lowest BCUT2D eigenvalue weighted by molar-refractivity contribution is -0.149. The van der Waals surface area contributed by atoms with Crippen molar-refractivity contribution in [1.29, 1.82) is 0 Å². The maximum absolute atomic E-state index is 12.1. The van der Waals surface area contributed by atoms with Gasteiger partial charge in [-0.3, -0.25) is 14.5 Å². The summed E-state index contributed by atoms with van der Waals surface area (Å²) in [6.45, 7) is 4.31. The third-order valence-corrected chi connectivity index (χ3v) is 5.42. The first-order valence-corrected chi connectivity index (χ1v) is 8.91. The maximum atomic E-state index is 12.1. The summed E-state index contributed by atoms with van der Waals surface area (Å²) in [5, 5.41) is 12.4. The predicted molar refractivity (Wildman–Crippen MR) is 93.5 cm³/mol. The molecule has 6 nitrogen and oxygen atoms in total. The Morgan fingerprint density at radius 3 is 3.00 bits per heavy atom. The summed E-state index contributed by atoms with van der Waals surface area (Å²) >= 11 is 0. The van der Waals surface area contributed by atoms with Crippen molar-refractivity contribution in [2.75, 3.05) is 32.8 Å². The molecule has 2 fully saturated rings. The van der Waals surface area contributed by atoms with Crippen LogP contribution in [-0.4, -0.2) is 54.7 Å². The Morgan fingerprint density at radius 1 is 1.44 bits per heavy atom. The summed E-state index contributed by atoms with van der Waals surface area (Å²) in [4.78, 5) is 25.7. The molecule has 0 bridgehead atoms. The molecule has 1 aromatic carbocycles. The monoisotopic (exact) mass is 346 g/mol. The number of nitrogens with one attached hydrogen (secondary N) is 1. The number of carboxylic acid groups (broad SMARTS) is 1. The fourth-order valence-corrected chi connectivity index (χ4v) is 4.19. The summed E-state index contributed by atoms with van der Waals surface area (Å²) in [6, 6.07) is 7.79. The van der Waals surface area contributed by atoms with Crippen LogP contribution in [0.4, 0.5) is 0 Å². The van der Waals surface area contributed by atoms with Crippen molar-refractivity contribution in [3.8, 4) is 5.75 Å². The molecule has 0 unspecified atom stereocenters. The first kappa shape index (κ1) is 17.7. The highest BCUT2D eigenvalue weighted by Gasteiger charge is 2.54. The van der Waals surface area contributed by atoms with Gasteiger partial charge in [0.15, 0.2) is 0 Å². The van der Waals surface area contributed by atoms with Crippen LogP contribution in [0.15, 0.2) is 24.3 Å². The predicted octanol–water partition coefficient (Wildman–Crippen LogP) is 1.68. The summed E-state index contributed by atoms with van der Waals surface area (Å²) < 4.78 is 5.61. The number of ether oxygens (including phenoxy) is 1. The van der Waals surface area contributed by atoms with Crippen molar-refractivity contribution in [3.63, 3.8) is 0 Å². The minimum absolute atomic E-state index is 0.0756. The van der Waals surface area contributed by atoms with Crippen LogP contribution in [0.1, 0.15) is 24.8 Å². The number of benzene rings is 1. The Bertz CT molecular complexity index is 648. The zero-order chi connectivity index (χ0) is 17.9.